The Hall–Kier alpha value is -1.77. The van der Waals surface area contributed by atoms with Gasteiger partial charge in [0.15, 0.2) is 0 Å². The smallest absolute Gasteiger partial charge is 0.328 e. The molecular weight excluding hydrogens is 244 g/mol. The lowest BCUT2D eigenvalue weighted by Gasteiger charge is -2.16. The van der Waals surface area contributed by atoms with Crippen molar-refractivity contribution in [1.29, 1.82) is 5.26 Å². The first-order chi connectivity index (χ1) is 8.01. The van der Waals surface area contributed by atoms with Crippen molar-refractivity contribution >= 4 is 23.3 Å². The molecule has 1 aromatic carbocycles. The Labute approximate surface area is 103 Å². The van der Waals surface area contributed by atoms with Gasteiger partial charge in [0, 0.05) is 5.69 Å². The molecule has 1 atom stereocenters. The van der Waals surface area contributed by atoms with Crippen molar-refractivity contribution in [2.45, 2.75) is 13.0 Å². The fraction of sp³-hybridized carbons (Fsp3) is 0.273. The van der Waals surface area contributed by atoms with Crippen LogP contribution in [-0.2, 0) is 4.79 Å². The summed E-state index contributed by atoms with van der Waals surface area (Å²) in [4.78, 5) is 10.7. The molecule has 0 amide bonds. The number of halogens is 1. The Morgan fingerprint density at radius 2 is 2.29 bits per heavy atom. The highest BCUT2D eigenvalue weighted by Crippen LogP contribution is 2.27. The van der Waals surface area contributed by atoms with Gasteiger partial charge in [0.2, 0.25) is 0 Å². The van der Waals surface area contributed by atoms with Crippen LogP contribution in [0, 0.1) is 18.3 Å². The monoisotopic (exact) mass is 254 g/mol. The standard InChI is InChI=1S/C11H11ClN2O3/c1-6-8(14-9(5-15)11(16)17)3-2-7(4-13)10(6)12/h2-3,9,14-15H,5H2,1H3,(H,16,17)/t9-/m1/s1. The third-order valence-electron chi connectivity index (χ3n) is 2.32. The van der Waals surface area contributed by atoms with Gasteiger partial charge < -0.3 is 15.5 Å². The molecule has 6 heteroatoms. The fourth-order valence-electron chi connectivity index (χ4n) is 1.30. The number of rotatable bonds is 4. The fourth-order valence-corrected chi connectivity index (χ4v) is 1.51. The second-order valence-electron chi connectivity index (χ2n) is 3.43. The van der Waals surface area contributed by atoms with E-state index in [1.54, 1.807) is 13.0 Å². The predicted octanol–water partition coefficient (Wildman–Crippen LogP) is 1.38. The molecular formula is C11H11ClN2O3. The molecule has 0 aliphatic carbocycles. The van der Waals surface area contributed by atoms with Crippen molar-refractivity contribution in [3.8, 4) is 6.07 Å². The maximum Gasteiger partial charge on any atom is 0.328 e. The Balaban J connectivity index is 3.05. The quantitative estimate of drug-likeness (QED) is 0.755. The van der Waals surface area contributed by atoms with Crippen LogP contribution in [0.4, 0.5) is 5.69 Å². The van der Waals surface area contributed by atoms with Gasteiger partial charge in [-0.2, -0.15) is 5.26 Å². The maximum atomic E-state index is 10.7. The molecule has 1 aromatic rings. The van der Waals surface area contributed by atoms with E-state index in [1.165, 1.54) is 6.07 Å². The van der Waals surface area contributed by atoms with Crippen LogP contribution in [0.3, 0.4) is 0 Å². The first kappa shape index (κ1) is 13.3. The Kier molecular flexibility index (Phi) is 4.32. The van der Waals surface area contributed by atoms with E-state index in [-0.39, 0.29) is 5.02 Å². The summed E-state index contributed by atoms with van der Waals surface area (Å²) in [5.41, 5.74) is 1.38. The van der Waals surface area contributed by atoms with Crippen molar-refractivity contribution in [3.63, 3.8) is 0 Å². The van der Waals surface area contributed by atoms with Crippen LogP contribution in [0.2, 0.25) is 5.02 Å². The van der Waals surface area contributed by atoms with Crippen LogP contribution in [0.15, 0.2) is 12.1 Å². The molecule has 5 nitrogen and oxygen atoms in total. The summed E-state index contributed by atoms with van der Waals surface area (Å²) in [7, 11) is 0. The lowest BCUT2D eigenvalue weighted by molar-refractivity contribution is -0.138. The van der Waals surface area contributed by atoms with Gasteiger partial charge in [-0.15, -0.1) is 0 Å². The van der Waals surface area contributed by atoms with Gasteiger partial charge >= 0.3 is 5.97 Å². The lowest BCUT2D eigenvalue weighted by atomic mass is 10.1. The number of aliphatic carboxylic acids is 1. The van der Waals surface area contributed by atoms with Gasteiger partial charge in [0.05, 0.1) is 17.2 Å². The summed E-state index contributed by atoms with van der Waals surface area (Å²) in [5.74, 6) is -1.16. The number of anilines is 1. The van der Waals surface area contributed by atoms with Crippen LogP contribution < -0.4 is 5.32 Å². The normalized spacial score (nSPS) is 11.6. The molecule has 0 heterocycles. The van der Waals surface area contributed by atoms with Crippen LogP contribution in [0.25, 0.3) is 0 Å². The number of hydrogen-bond donors (Lipinski definition) is 3. The number of nitrogens with zero attached hydrogens (tertiary/aromatic N) is 1. The molecule has 0 aromatic heterocycles. The van der Waals surface area contributed by atoms with Gasteiger partial charge in [-0.3, -0.25) is 0 Å². The molecule has 3 N–H and O–H groups in total. The zero-order valence-corrected chi connectivity index (χ0v) is 9.82. The second kappa shape index (κ2) is 5.53. The highest BCUT2D eigenvalue weighted by Gasteiger charge is 2.17. The largest absolute Gasteiger partial charge is 0.480 e. The molecule has 0 saturated heterocycles. The van der Waals surface area contributed by atoms with E-state index in [9.17, 15) is 4.79 Å². The number of hydrogen-bond acceptors (Lipinski definition) is 4. The van der Waals surface area contributed by atoms with E-state index >= 15 is 0 Å². The Bertz CT molecular complexity index is 482. The van der Waals surface area contributed by atoms with Crippen molar-refractivity contribution in [1.82, 2.24) is 0 Å². The minimum Gasteiger partial charge on any atom is -0.480 e. The highest BCUT2D eigenvalue weighted by atomic mass is 35.5. The topological polar surface area (TPSA) is 93.3 Å². The number of carboxylic acids is 1. The number of carboxylic acid groups (broad SMARTS) is 1. The summed E-state index contributed by atoms with van der Waals surface area (Å²) < 4.78 is 0. The van der Waals surface area contributed by atoms with E-state index in [0.29, 0.717) is 16.8 Å². The Morgan fingerprint density at radius 1 is 1.65 bits per heavy atom. The average Bonchev–Trinajstić information content (AvgIpc) is 2.30. The van der Waals surface area contributed by atoms with E-state index < -0.39 is 18.6 Å². The summed E-state index contributed by atoms with van der Waals surface area (Å²) in [6, 6.07) is 3.88. The summed E-state index contributed by atoms with van der Waals surface area (Å²) in [6.45, 7) is 1.13. The molecule has 17 heavy (non-hydrogen) atoms. The summed E-state index contributed by atoms with van der Waals surface area (Å²) in [6.07, 6.45) is 0. The first-order valence-electron chi connectivity index (χ1n) is 4.80. The zero-order valence-electron chi connectivity index (χ0n) is 9.07. The number of carbonyl (C=O) groups is 1. The van der Waals surface area contributed by atoms with Crippen molar-refractivity contribution in [2.24, 2.45) is 0 Å². The van der Waals surface area contributed by atoms with Gasteiger partial charge in [-0.05, 0) is 24.6 Å². The summed E-state index contributed by atoms with van der Waals surface area (Å²) >= 11 is 5.93. The molecule has 0 aliphatic rings. The van der Waals surface area contributed by atoms with Crippen LogP contribution in [0.5, 0.6) is 0 Å². The molecule has 0 bridgehead atoms. The van der Waals surface area contributed by atoms with Crippen molar-refractivity contribution < 1.29 is 15.0 Å². The maximum absolute atomic E-state index is 10.7. The van der Waals surface area contributed by atoms with Crippen LogP contribution in [0.1, 0.15) is 11.1 Å². The van der Waals surface area contributed by atoms with Crippen molar-refractivity contribution in [3.05, 3.63) is 28.3 Å². The van der Waals surface area contributed by atoms with Gasteiger partial charge in [-0.25, -0.2) is 4.79 Å². The molecule has 0 unspecified atom stereocenters. The second-order valence-corrected chi connectivity index (χ2v) is 3.81. The molecule has 0 saturated carbocycles. The number of nitriles is 1. The van der Waals surface area contributed by atoms with E-state index in [4.69, 9.17) is 27.1 Å². The number of aliphatic hydroxyl groups excluding tert-OH is 1. The number of benzene rings is 1. The lowest BCUT2D eigenvalue weighted by Crippen LogP contribution is -2.33. The third kappa shape index (κ3) is 2.87. The summed E-state index contributed by atoms with van der Waals surface area (Å²) in [5, 5.41) is 29.4. The van der Waals surface area contributed by atoms with Crippen molar-refractivity contribution in [2.75, 3.05) is 11.9 Å². The molecule has 1 rings (SSSR count). The van der Waals surface area contributed by atoms with E-state index in [2.05, 4.69) is 5.32 Å². The van der Waals surface area contributed by atoms with E-state index in [0.717, 1.165) is 0 Å². The predicted molar refractivity (Wildman–Crippen MR) is 63.0 cm³/mol. The van der Waals surface area contributed by atoms with Crippen LogP contribution >= 0.6 is 11.6 Å². The Morgan fingerprint density at radius 3 is 2.76 bits per heavy atom. The average molecular weight is 255 g/mol. The molecule has 90 valence electrons. The highest BCUT2D eigenvalue weighted by molar-refractivity contribution is 6.32. The zero-order chi connectivity index (χ0) is 13.0. The number of nitrogens with one attached hydrogen (secondary N) is 1. The van der Waals surface area contributed by atoms with Crippen LogP contribution in [-0.4, -0.2) is 28.8 Å². The minimum atomic E-state index is -1.16. The first-order valence-corrected chi connectivity index (χ1v) is 5.18. The molecule has 0 fully saturated rings. The van der Waals surface area contributed by atoms with Gasteiger partial charge in [0.25, 0.3) is 0 Å². The van der Waals surface area contributed by atoms with Gasteiger partial charge in [0.1, 0.15) is 12.1 Å². The molecule has 0 spiro atoms. The molecule has 0 aliphatic heterocycles. The number of aliphatic hydroxyl groups is 1. The SMILES string of the molecule is Cc1c(N[C@H](CO)C(=O)O)ccc(C#N)c1Cl. The molecule has 0 radical (unpaired) electrons. The third-order valence-corrected chi connectivity index (χ3v) is 2.80. The van der Waals surface area contributed by atoms with Gasteiger partial charge in [-0.1, -0.05) is 11.6 Å². The minimum absolute atomic E-state index is 0.277. The van der Waals surface area contributed by atoms with E-state index in [1.807, 2.05) is 6.07 Å².